The van der Waals surface area contributed by atoms with Crippen LogP contribution >= 0.6 is 11.3 Å². The van der Waals surface area contributed by atoms with Gasteiger partial charge in [-0.2, -0.15) is 0 Å². The van der Waals surface area contributed by atoms with E-state index in [1.165, 1.54) is 16.9 Å². The van der Waals surface area contributed by atoms with Crippen molar-refractivity contribution in [3.63, 3.8) is 0 Å². The van der Waals surface area contributed by atoms with Crippen LogP contribution < -0.4 is 10.1 Å². The number of rotatable bonds is 5. The predicted molar refractivity (Wildman–Crippen MR) is 69.6 cm³/mol. The molecule has 1 N–H and O–H groups in total. The fourth-order valence-electron chi connectivity index (χ4n) is 1.38. The van der Waals surface area contributed by atoms with E-state index in [9.17, 15) is 0 Å². The molecular formula is C12H15N3OS. The Kier molecular flexibility index (Phi) is 3.93. The van der Waals surface area contributed by atoms with Gasteiger partial charge >= 0.3 is 0 Å². The molecule has 2 rings (SSSR count). The highest BCUT2D eigenvalue weighted by Crippen LogP contribution is 2.18. The molecule has 0 aliphatic heterocycles. The second-order valence-electron chi connectivity index (χ2n) is 3.64. The molecule has 4 nitrogen and oxygen atoms in total. The number of nitrogens with one attached hydrogen (secondary N) is 1. The Balaban J connectivity index is 1.93. The van der Waals surface area contributed by atoms with E-state index in [2.05, 4.69) is 15.5 Å². The lowest BCUT2D eigenvalue weighted by Gasteiger charge is -2.03. The minimum atomic E-state index is 0.465. The lowest BCUT2D eigenvalue weighted by Crippen LogP contribution is -1.94. The Morgan fingerprint density at radius 2 is 2.24 bits per heavy atom. The van der Waals surface area contributed by atoms with Crippen molar-refractivity contribution >= 4 is 16.5 Å². The van der Waals surface area contributed by atoms with Crippen LogP contribution in [0, 0.1) is 6.92 Å². The molecular weight excluding hydrogens is 234 g/mol. The van der Waals surface area contributed by atoms with Gasteiger partial charge in [0.15, 0.2) is 5.01 Å². The van der Waals surface area contributed by atoms with Gasteiger partial charge < -0.3 is 10.1 Å². The van der Waals surface area contributed by atoms with Crippen LogP contribution in [0.2, 0.25) is 0 Å². The molecule has 0 amide bonds. The Labute approximate surface area is 105 Å². The quantitative estimate of drug-likeness (QED) is 0.885. The fourth-order valence-corrected chi connectivity index (χ4v) is 2.11. The van der Waals surface area contributed by atoms with E-state index < -0.39 is 0 Å². The van der Waals surface area contributed by atoms with Gasteiger partial charge in [-0.05, 0) is 31.5 Å². The molecule has 1 aromatic heterocycles. The third-order valence-electron chi connectivity index (χ3n) is 2.15. The number of hydrogen-bond acceptors (Lipinski definition) is 5. The zero-order chi connectivity index (χ0) is 12.1. The summed E-state index contributed by atoms with van der Waals surface area (Å²) in [6.07, 6.45) is 0. The zero-order valence-electron chi connectivity index (χ0n) is 9.93. The molecule has 17 heavy (non-hydrogen) atoms. The molecule has 5 heteroatoms. The maximum Gasteiger partial charge on any atom is 0.205 e. The summed E-state index contributed by atoms with van der Waals surface area (Å²) < 4.78 is 5.64. The summed E-state index contributed by atoms with van der Waals surface area (Å²) in [5, 5.41) is 12.9. The van der Waals surface area contributed by atoms with Crippen LogP contribution in [0.5, 0.6) is 5.75 Å². The number of benzene rings is 1. The number of ether oxygens (including phenoxy) is 1. The van der Waals surface area contributed by atoms with Crippen molar-refractivity contribution < 1.29 is 4.74 Å². The zero-order valence-corrected chi connectivity index (χ0v) is 10.8. The molecule has 0 atom stereocenters. The molecule has 90 valence electrons. The summed E-state index contributed by atoms with van der Waals surface area (Å²) in [7, 11) is 0. The molecule has 0 saturated heterocycles. The average molecular weight is 249 g/mol. The number of anilines is 1. The summed E-state index contributed by atoms with van der Waals surface area (Å²) in [6, 6.07) is 7.97. The van der Waals surface area contributed by atoms with Gasteiger partial charge in [-0.1, -0.05) is 23.5 Å². The second kappa shape index (κ2) is 5.63. The van der Waals surface area contributed by atoms with E-state index >= 15 is 0 Å². The molecule has 1 heterocycles. The van der Waals surface area contributed by atoms with Crippen molar-refractivity contribution in [2.45, 2.75) is 20.5 Å². The monoisotopic (exact) mass is 249 g/mol. The van der Waals surface area contributed by atoms with Crippen molar-refractivity contribution in [3.8, 4) is 5.75 Å². The van der Waals surface area contributed by atoms with Crippen molar-refractivity contribution in [1.29, 1.82) is 0 Å². The van der Waals surface area contributed by atoms with Crippen molar-refractivity contribution in [2.75, 3.05) is 11.9 Å². The molecule has 0 spiro atoms. The number of hydrogen-bond donors (Lipinski definition) is 1. The molecule has 0 bridgehead atoms. The topological polar surface area (TPSA) is 47.0 Å². The SMILES string of the molecule is CCNc1nnc(COc2cccc(C)c2)s1. The number of aromatic nitrogens is 2. The normalized spacial score (nSPS) is 10.2. The predicted octanol–water partition coefficient (Wildman–Crippen LogP) is 2.86. The van der Waals surface area contributed by atoms with E-state index in [1.807, 2.05) is 38.1 Å². The maximum atomic E-state index is 5.64. The maximum absolute atomic E-state index is 5.64. The first-order valence-corrected chi connectivity index (χ1v) is 6.35. The Morgan fingerprint density at radius 1 is 1.35 bits per heavy atom. The largest absolute Gasteiger partial charge is 0.486 e. The summed E-state index contributed by atoms with van der Waals surface area (Å²) in [4.78, 5) is 0. The van der Waals surface area contributed by atoms with Gasteiger partial charge in [-0.25, -0.2) is 0 Å². The van der Waals surface area contributed by atoms with E-state index in [-0.39, 0.29) is 0 Å². The second-order valence-corrected chi connectivity index (χ2v) is 4.70. The van der Waals surface area contributed by atoms with Crippen molar-refractivity contribution in [2.24, 2.45) is 0 Å². The van der Waals surface area contributed by atoms with Crippen LogP contribution in [0.4, 0.5) is 5.13 Å². The lowest BCUT2D eigenvalue weighted by atomic mass is 10.2. The third kappa shape index (κ3) is 3.42. The van der Waals surface area contributed by atoms with Crippen LogP contribution in [0.25, 0.3) is 0 Å². The van der Waals surface area contributed by atoms with Gasteiger partial charge in [-0.3, -0.25) is 0 Å². The first-order valence-electron chi connectivity index (χ1n) is 5.53. The summed E-state index contributed by atoms with van der Waals surface area (Å²) >= 11 is 1.52. The first kappa shape index (κ1) is 11.9. The van der Waals surface area contributed by atoms with Crippen molar-refractivity contribution in [3.05, 3.63) is 34.8 Å². The molecule has 0 unspecified atom stereocenters. The highest BCUT2D eigenvalue weighted by molar-refractivity contribution is 7.15. The summed E-state index contributed by atoms with van der Waals surface area (Å²) in [6.45, 7) is 5.39. The van der Waals surface area contributed by atoms with Crippen LogP contribution in [-0.2, 0) is 6.61 Å². The van der Waals surface area contributed by atoms with Gasteiger partial charge in [0.05, 0.1) is 0 Å². The minimum absolute atomic E-state index is 0.465. The standard InChI is InChI=1S/C12H15N3OS/c1-3-13-12-15-14-11(17-12)8-16-10-6-4-5-9(2)7-10/h4-7H,3,8H2,1-2H3,(H,13,15). The van der Waals surface area contributed by atoms with Crippen LogP contribution in [0.15, 0.2) is 24.3 Å². The van der Waals surface area contributed by atoms with Gasteiger partial charge in [0, 0.05) is 6.54 Å². The molecule has 0 aliphatic carbocycles. The van der Waals surface area contributed by atoms with Crippen molar-refractivity contribution in [1.82, 2.24) is 10.2 Å². The van der Waals surface area contributed by atoms with Crippen LogP contribution in [-0.4, -0.2) is 16.7 Å². The first-order chi connectivity index (χ1) is 8.28. The van der Waals surface area contributed by atoms with Gasteiger partial charge in [0.2, 0.25) is 5.13 Å². The summed E-state index contributed by atoms with van der Waals surface area (Å²) in [5.41, 5.74) is 1.19. The van der Waals surface area contributed by atoms with E-state index in [0.29, 0.717) is 6.61 Å². The third-order valence-corrected chi connectivity index (χ3v) is 3.00. The Bertz CT molecular complexity index is 484. The van der Waals surface area contributed by atoms with E-state index in [0.717, 1.165) is 22.4 Å². The highest BCUT2D eigenvalue weighted by Gasteiger charge is 2.03. The summed E-state index contributed by atoms with van der Waals surface area (Å²) in [5.74, 6) is 0.866. The van der Waals surface area contributed by atoms with Gasteiger partial charge in [0.1, 0.15) is 12.4 Å². The molecule has 2 aromatic rings. The van der Waals surface area contributed by atoms with Gasteiger partial charge in [0.25, 0.3) is 0 Å². The molecule has 0 aliphatic rings. The molecule has 0 saturated carbocycles. The van der Waals surface area contributed by atoms with Crippen LogP contribution in [0.3, 0.4) is 0 Å². The highest BCUT2D eigenvalue weighted by atomic mass is 32.1. The average Bonchev–Trinajstić information content (AvgIpc) is 2.75. The smallest absolute Gasteiger partial charge is 0.205 e. The minimum Gasteiger partial charge on any atom is -0.486 e. The molecule has 0 radical (unpaired) electrons. The number of aryl methyl sites for hydroxylation is 1. The molecule has 0 fully saturated rings. The fraction of sp³-hybridized carbons (Fsp3) is 0.333. The Morgan fingerprint density at radius 3 is 3.00 bits per heavy atom. The van der Waals surface area contributed by atoms with Crippen LogP contribution in [0.1, 0.15) is 17.5 Å². The Hall–Kier alpha value is -1.62. The van der Waals surface area contributed by atoms with E-state index in [1.54, 1.807) is 0 Å². The van der Waals surface area contributed by atoms with Gasteiger partial charge in [-0.15, -0.1) is 10.2 Å². The molecule has 1 aromatic carbocycles. The number of nitrogens with zero attached hydrogens (tertiary/aromatic N) is 2. The lowest BCUT2D eigenvalue weighted by molar-refractivity contribution is 0.304. The van der Waals surface area contributed by atoms with E-state index in [4.69, 9.17) is 4.74 Å².